The Morgan fingerprint density at radius 1 is 1.18 bits per heavy atom. The van der Waals surface area contributed by atoms with Crippen molar-refractivity contribution in [1.29, 1.82) is 0 Å². The van der Waals surface area contributed by atoms with Crippen LogP contribution in [0.5, 0.6) is 0 Å². The Labute approximate surface area is 106 Å². The van der Waals surface area contributed by atoms with Crippen molar-refractivity contribution in [2.75, 3.05) is 13.7 Å². The van der Waals surface area contributed by atoms with Crippen molar-refractivity contribution in [2.24, 2.45) is 0 Å². The van der Waals surface area contributed by atoms with Gasteiger partial charge in [0.1, 0.15) is 0 Å². The number of thiophene rings is 1. The van der Waals surface area contributed by atoms with Gasteiger partial charge < -0.3 is 10.1 Å². The first kappa shape index (κ1) is 12.3. The van der Waals surface area contributed by atoms with Gasteiger partial charge in [0.2, 0.25) is 0 Å². The Morgan fingerprint density at radius 3 is 2.65 bits per heavy atom. The lowest BCUT2D eigenvalue weighted by molar-refractivity contribution is 0.166. The normalized spacial score (nSPS) is 12.5. The molecule has 3 heteroatoms. The summed E-state index contributed by atoms with van der Waals surface area (Å²) in [4.78, 5) is 1.35. The molecule has 1 aromatic carbocycles. The lowest BCUT2D eigenvalue weighted by Crippen LogP contribution is -2.24. The molecular formula is C14H17NOS. The molecule has 1 unspecified atom stereocenters. The van der Waals surface area contributed by atoms with E-state index in [1.807, 2.05) is 6.07 Å². The first-order valence-electron chi connectivity index (χ1n) is 5.70. The second kappa shape index (κ2) is 6.55. The van der Waals surface area contributed by atoms with Crippen LogP contribution < -0.4 is 5.32 Å². The summed E-state index contributed by atoms with van der Waals surface area (Å²) in [5.41, 5.74) is 1.27. The number of hydrogen-bond donors (Lipinski definition) is 1. The molecule has 1 N–H and O–H groups in total. The Bertz CT molecular complexity index is 413. The van der Waals surface area contributed by atoms with Crippen LogP contribution in [0.3, 0.4) is 0 Å². The fourth-order valence-electron chi connectivity index (χ4n) is 1.76. The Balaban J connectivity index is 1.98. The Hall–Kier alpha value is -1.16. The van der Waals surface area contributed by atoms with Gasteiger partial charge in [0.25, 0.3) is 0 Å². The number of ether oxygens (including phenoxy) is 1. The highest BCUT2D eigenvalue weighted by molar-refractivity contribution is 7.09. The summed E-state index contributed by atoms with van der Waals surface area (Å²) in [5, 5.41) is 5.63. The minimum atomic E-state index is 0.253. The number of rotatable bonds is 6. The summed E-state index contributed by atoms with van der Waals surface area (Å²) in [5.74, 6) is 0. The third-order valence-electron chi connectivity index (χ3n) is 2.64. The molecule has 2 nitrogen and oxygen atoms in total. The molecule has 1 heterocycles. The first-order chi connectivity index (χ1) is 8.40. The van der Waals surface area contributed by atoms with Crippen LogP contribution in [0.15, 0.2) is 47.8 Å². The maximum Gasteiger partial charge on any atom is 0.0657 e. The molecule has 2 aromatic rings. The van der Waals surface area contributed by atoms with Crippen LogP contribution in [0.4, 0.5) is 0 Å². The highest BCUT2D eigenvalue weighted by atomic mass is 32.1. The molecule has 0 bridgehead atoms. The molecule has 1 aromatic heterocycles. The van der Waals surface area contributed by atoms with Gasteiger partial charge in [0.05, 0.1) is 12.6 Å². The molecule has 0 amide bonds. The zero-order valence-electron chi connectivity index (χ0n) is 9.93. The Kier molecular flexibility index (Phi) is 4.74. The average molecular weight is 247 g/mol. The van der Waals surface area contributed by atoms with Crippen LogP contribution in [-0.2, 0) is 11.3 Å². The lowest BCUT2D eigenvalue weighted by atomic mass is 10.1. The maximum atomic E-state index is 5.27. The van der Waals surface area contributed by atoms with Crippen molar-refractivity contribution in [2.45, 2.75) is 12.6 Å². The summed E-state index contributed by atoms with van der Waals surface area (Å²) >= 11 is 1.77. The van der Waals surface area contributed by atoms with Gasteiger partial charge >= 0.3 is 0 Å². The Morgan fingerprint density at radius 2 is 2.00 bits per heavy atom. The van der Waals surface area contributed by atoms with E-state index in [0.29, 0.717) is 6.61 Å². The molecule has 0 aliphatic rings. The van der Waals surface area contributed by atoms with E-state index in [1.54, 1.807) is 18.4 Å². The molecule has 0 saturated heterocycles. The predicted molar refractivity (Wildman–Crippen MR) is 72.2 cm³/mol. The van der Waals surface area contributed by atoms with Gasteiger partial charge in [-0.15, -0.1) is 11.3 Å². The highest BCUT2D eigenvalue weighted by Gasteiger charge is 2.10. The molecule has 90 valence electrons. The van der Waals surface area contributed by atoms with Crippen molar-refractivity contribution in [1.82, 2.24) is 5.32 Å². The minimum Gasteiger partial charge on any atom is -0.383 e. The monoisotopic (exact) mass is 247 g/mol. The molecule has 2 rings (SSSR count). The zero-order valence-corrected chi connectivity index (χ0v) is 10.7. The molecule has 0 aliphatic carbocycles. The molecule has 1 atom stereocenters. The third-order valence-corrected chi connectivity index (χ3v) is 3.51. The number of benzene rings is 1. The zero-order chi connectivity index (χ0) is 11.9. The van der Waals surface area contributed by atoms with Crippen molar-refractivity contribution < 1.29 is 4.74 Å². The van der Waals surface area contributed by atoms with Gasteiger partial charge in [0.15, 0.2) is 0 Å². The third kappa shape index (κ3) is 3.66. The molecule has 0 saturated carbocycles. The van der Waals surface area contributed by atoms with Crippen molar-refractivity contribution in [3.8, 4) is 0 Å². The van der Waals surface area contributed by atoms with Crippen LogP contribution in [0.25, 0.3) is 0 Å². The molecule has 0 spiro atoms. The smallest absolute Gasteiger partial charge is 0.0657 e. The SMILES string of the molecule is COCC(NCc1cccs1)c1ccccc1. The predicted octanol–water partition coefficient (Wildman–Crippen LogP) is 3.23. The molecular weight excluding hydrogens is 230 g/mol. The first-order valence-corrected chi connectivity index (χ1v) is 6.58. The van der Waals surface area contributed by atoms with E-state index in [2.05, 4.69) is 47.1 Å². The van der Waals surface area contributed by atoms with E-state index in [4.69, 9.17) is 4.74 Å². The van der Waals surface area contributed by atoms with E-state index < -0.39 is 0 Å². The van der Waals surface area contributed by atoms with Gasteiger partial charge in [-0.2, -0.15) is 0 Å². The maximum absolute atomic E-state index is 5.27. The summed E-state index contributed by atoms with van der Waals surface area (Å²) < 4.78 is 5.27. The van der Waals surface area contributed by atoms with Gasteiger partial charge in [-0.1, -0.05) is 36.4 Å². The van der Waals surface area contributed by atoms with Gasteiger partial charge in [-0.3, -0.25) is 0 Å². The van der Waals surface area contributed by atoms with Crippen LogP contribution in [0.2, 0.25) is 0 Å². The number of hydrogen-bond acceptors (Lipinski definition) is 3. The van der Waals surface area contributed by atoms with E-state index >= 15 is 0 Å². The average Bonchev–Trinajstić information content (AvgIpc) is 2.88. The fraction of sp³-hybridized carbons (Fsp3) is 0.286. The van der Waals surface area contributed by atoms with Crippen molar-refractivity contribution >= 4 is 11.3 Å². The second-order valence-electron chi connectivity index (χ2n) is 3.88. The van der Waals surface area contributed by atoms with Crippen LogP contribution in [0.1, 0.15) is 16.5 Å². The van der Waals surface area contributed by atoms with Crippen molar-refractivity contribution in [3.05, 3.63) is 58.3 Å². The largest absolute Gasteiger partial charge is 0.383 e. The molecule has 0 radical (unpaired) electrons. The van der Waals surface area contributed by atoms with Gasteiger partial charge in [-0.25, -0.2) is 0 Å². The van der Waals surface area contributed by atoms with E-state index in [1.165, 1.54) is 10.4 Å². The number of methoxy groups -OCH3 is 1. The lowest BCUT2D eigenvalue weighted by Gasteiger charge is -2.17. The van der Waals surface area contributed by atoms with Crippen LogP contribution >= 0.6 is 11.3 Å². The summed E-state index contributed by atoms with van der Waals surface area (Å²) in [6.45, 7) is 1.58. The van der Waals surface area contributed by atoms with Crippen molar-refractivity contribution in [3.63, 3.8) is 0 Å². The summed E-state index contributed by atoms with van der Waals surface area (Å²) in [6.07, 6.45) is 0. The van der Waals surface area contributed by atoms with Crippen LogP contribution in [-0.4, -0.2) is 13.7 Å². The molecule has 0 aliphatic heterocycles. The van der Waals surface area contributed by atoms with Crippen LogP contribution in [0, 0.1) is 0 Å². The van der Waals surface area contributed by atoms with E-state index in [0.717, 1.165) is 6.54 Å². The highest BCUT2D eigenvalue weighted by Crippen LogP contribution is 2.15. The standard InChI is InChI=1S/C14H17NOS/c1-16-11-14(12-6-3-2-4-7-12)15-10-13-8-5-9-17-13/h2-9,14-15H,10-11H2,1H3. The number of nitrogens with one attached hydrogen (secondary N) is 1. The quantitative estimate of drug-likeness (QED) is 0.846. The molecule has 17 heavy (non-hydrogen) atoms. The van der Waals surface area contributed by atoms with E-state index in [9.17, 15) is 0 Å². The second-order valence-corrected chi connectivity index (χ2v) is 4.91. The molecule has 0 fully saturated rings. The van der Waals surface area contributed by atoms with E-state index in [-0.39, 0.29) is 6.04 Å². The van der Waals surface area contributed by atoms with Gasteiger partial charge in [0, 0.05) is 18.5 Å². The summed E-state index contributed by atoms with van der Waals surface area (Å²) in [7, 11) is 1.74. The summed E-state index contributed by atoms with van der Waals surface area (Å²) in [6, 6.07) is 14.9. The topological polar surface area (TPSA) is 21.3 Å². The fourth-order valence-corrected chi connectivity index (χ4v) is 2.42. The minimum absolute atomic E-state index is 0.253. The van der Waals surface area contributed by atoms with Gasteiger partial charge in [-0.05, 0) is 17.0 Å².